The Morgan fingerprint density at radius 3 is 2.41 bits per heavy atom. The molecule has 140 valence electrons. The molecule has 0 saturated carbocycles. The van der Waals surface area contributed by atoms with Crippen LogP contribution in [0.3, 0.4) is 0 Å². The zero-order valence-corrected chi connectivity index (χ0v) is 16.4. The van der Waals surface area contributed by atoms with Gasteiger partial charge in [-0.15, -0.1) is 0 Å². The van der Waals surface area contributed by atoms with Crippen LogP contribution in [0.1, 0.15) is 28.1 Å². The fraction of sp³-hybridized carbons (Fsp3) is 0.273. The summed E-state index contributed by atoms with van der Waals surface area (Å²) in [6, 6.07) is 18.1. The molecule has 0 fully saturated rings. The third kappa shape index (κ3) is 4.19. The van der Waals surface area contributed by atoms with Crippen molar-refractivity contribution >= 4 is 6.03 Å². The minimum absolute atomic E-state index is 0.0930. The molecule has 0 aliphatic carbocycles. The van der Waals surface area contributed by atoms with Crippen LogP contribution in [0.25, 0.3) is 5.69 Å². The second-order valence-electron chi connectivity index (χ2n) is 6.84. The Morgan fingerprint density at radius 1 is 1.04 bits per heavy atom. The second kappa shape index (κ2) is 8.08. The topological polar surface area (TPSA) is 50.2 Å². The Balaban J connectivity index is 1.67. The highest BCUT2D eigenvalue weighted by molar-refractivity contribution is 5.74. The number of rotatable bonds is 5. The molecule has 0 bridgehead atoms. The standard InChI is InChI=1S/C22H26N4O/c1-16-10-8-9-11-19(16)15-25(4)22(27)23-14-21-17(2)24-26(18(21)3)20-12-6-5-7-13-20/h5-13H,14-15H2,1-4H3,(H,23,27). The summed E-state index contributed by atoms with van der Waals surface area (Å²) < 4.78 is 1.92. The van der Waals surface area contributed by atoms with Gasteiger partial charge < -0.3 is 10.2 Å². The first kappa shape index (κ1) is 18.7. The van der Waals surface area contributed by atoms with Gasteiger partial charge in [0.1, 0.15) is 0 Å². The van der Waals surface area contributed by atoms with Gasteiger partial charge in [-0.1, -0.05) is 42.5 Å². The summed E-state index contributed by atoms with van der Waals surface area (Å²) in [5, 5.41) is 7.65. The van der Waals surface area contributed by atoms with Gasteiger partial charge in [0.2, 0.25) is 0 Å². The zero-order valence-electron chi connectivity index (χ0n) is 16.4. The van der Waals surface area contributed by atoms with E-state index in [1.165, 1.54) is 5.56 Å². The molecular formula is C22H26N4O. The van der Waals surface area contributed by atoms with Gasteiger partial charge in [0, 0.05) is 31.4 Å². The summed E-state index contributed by atoms with van der Waals surface area (Å²) in [5.74, 6) is 0. The number of urea groups is 1. The monoisotopic (exact) mass is 362 g/mol. The molecule has 0 spiro atoms. The maximum atomic E-state index is 12.5. The molecule has 3 rings (SSSR count). The van der Waals surface area contributed by atoms with Gasteiger partial charge in [-0.05, 0) is 44.0 Å². The lowest BCUT2D eigenvalue weighted by Crippen LogP contribution is -2.36. The minimum Gasteiger partial charge on any atom is -0.334 e. The molecule has 2 amide bonds. The van der Waals surface area contributed by atoms with Crippen molar-refractivity contribution in [3.05, 3.63) is 82.7 Å². The first-order chi connectivity index (χ1) is 13.0. The summed E-state index contributed by atoms with van der Waals surface area (Å²) in [6.45, 7) is 7.11. The summed E-state index contributed by atoms with van der Waals surface area (Å²) in [7, 11) is 1.81. The molecule has 27 heavy (non-hydrogen) atoms. The highest BCUT2D eigenvalue weighted by atomic mass is 16.2. The fourth-order valence-electron chi connectivity index (χ4n) is 3.17. The van der Waals surface area contributed by atoms with E-state index in [2.05, 4.69) is 29.5 Å². The maximum absolute atomic E-state index is 12.5. The Kier molecular flexibility index (Phi) is 5.60. The Labute approximate surface area is 160 Å². The van der Waals surface area contributed by atoms with E-state index in [0.29, 0.717) is 13.1 Å². The first-order valence-corrected chi connectivity index (χ1v) is 9.11. The highest BCUT2D eigenvalue weighted by Crippen LogP contribution is 2.18. The third-order valence-electron chi connectivity index (χ3n) is 4.87. The molecule has 5 nitrogen and oxygen atoms in total. The smallest absolute Gasteiger partial charge is 0.317 e. The van der Waals surface area contributed by atoms with Crippen LogP contribution in [0.2, 0.25) is 0 Å². The average Bonchev–Trinajstić information content (AvgIpc) is 2.96. The molecule has 1 heterocycles. The SMILES string of the molecule is Cc1ccccc1CN(C)C(=O)NCc1c(C)nn(-c2ccccc2)c1C. The summed E-state index contributed by atoms with van der Waals surface area (Å²) >= 11 is 0. The van der Waals surface area contributed by atoms with Crippen LogP contribution in [0.15, 0.2) is 54.6 Å². The fourth-order valence-corrected chi connectivity index (χ4v) is 3.17. The van der Waals surface area contributed by atoms with E-state index in [9.17, 15) is 4.79 Å². The quantitative estimate of drug-likeness (QED) is 0.742. The van der Waals surface area contributed by atoms with Crippen molar-refractivity contribution in [3.63, 3.8) is 0 Å². The minimum atomic E-state index is -0.0930. The van der Waals surface area contributed by atoms with Crippen LogP contribution >= 0.6 is 0 Å². The average molecular weight is 362 g/mol. The second-order valence-corrected chi connectivity index (χ2v) is 6.84. The van der Waals surface area contributed by atoms with Gasteiger partial charge in [-0.3, -0.25) is 0 Å². The largest absolute Gasteiger partial charge is 0.334 e. The molecule has 0 atom stereocenters. The normalized spacial score (nSPS) is 10.7. The Hall–Kier alpha value is -3.08. The summed E-state index contributed by atoms with van der Waals surface area (Å²) in [6.07, 6.45) is 0. The molecule has 0 aliphatic heterocycles. The number of benzene rings is 2. The summed E-state index contributed by atoms with van der Waals surface area (Å²) in [4.78, 5) is 14.2. The third-order valence-corrected chi connectivity index (χ3v) is 4.87. The molecule has 5 heteroatoms. The molecule has 0 aliphatic rings. The number of hydrogen-bond acceptors (Lipinski definition) is 2. The van der Waals surface area contributed by atoms with E-state index in [1.54, 1.807) is 4.90 Å². The van der Waals surface area contributed by atoms with Crippen molar-refractivity contribution in [2.24, 2.45) is 0 Å². The number of aromatic nitrogens is 2. The molecule has 3 aromatic rings. The van der Waals surface area contributed by atoms with Gasteiger partial charge >= 0.3 is 6.03 Å². The van der Waals surface area contributed by atoms with E-state index in [-0.39, 0.29) is 6.03 Å². The molecule has 0 unspecified atom stereocenters. The molecule has 0 radical (unpaired) electrons. The maximum Gasteiger partial charge on any atom is 0.317 e. The molecule has 0 saturated heterocycles. The zero-order chi connectivity index (χ0) is 19.4. The van der Waals surface area contributed by atoms with Gasteiger partial charge in [0.25, 0.3) is 0 Å². The lowest BCUT2D eigenvalue weighted by Gasteiger charge is -2.19. The van der Waals surface area contributed by atoms with E-state index >= 15 is 0 Å². The lowest BCUT2D eigenvalue weighted by atomic mass is 10.1. The molecule has 1 N–H and O–H groups in total. The highest BCUT2D eigenvalue weighted by Gasteiger charge is 2.15. The predicted octanol–water partition coefficient (Wildman–Crippen LogP) is 4.14. The van der Waals surface area contributed by atoms with E-state index in [4.69, 9.17) is 0 Å². The molecule has 1 aromatic heterocycles. The van der Waals surface area contributed by atoms with Crippen LogP contribution in [-0.4, -0.2) is 27.8 Å². The van der Waals surface area contributed by atoms with Crippen LogP contribution < -0.4 is 5.32 Å². The number of nitrogens with zero attached hydrogens (tertiary/aromatic N) is 3. The number of nitrogens with one attached hydrogen (secondary N) is 1. The van der Waals surface area contributed by atoms with E-state index in [1.807, 2.05) is 68.0 Å². The van der Waals surface area contributed by atoms with Crippen molar-refractivity contribution in [1.29, 1.82) is 0 Å². The van der Waals surface area contributed by atoms with E-state index < -0.39 is 0 Å². The number of carbonyl (C=O) groups excluding carboxylic acids is 1. The Bertz CT molecular complexity index is 931. The van der Waals surface area contributed by atoms with Gasteiger partial charge in [0.15, 0.2) is 0 Å². The van der Waals surface area contributed by atoms with E-state index in [0.717, 1.165) is 28.2 Å². The van der Waals surface area contributed by atoms with Crippen molar-refractivity contribution in [2.75, 3.05) is 7.05 Å². The number of para-hydroxylation sites is 1. The van der Waals surface area contributed by atoms with Crippen molar-refractivity contribution in [1.82, 2.24) is 20.0 Å². The van der Waals surface area contributed by atoms with Crippen LogP contribution in [-0.2, 0) is 13.1 Å². The number of amides is 2. The van der Waals surface area contributed by atoms with Gasteiger partial charge in [-0.2, -0.15) is 5.10 Å². The van der Waals surface area contributed by atoms with Gasteiger partial charge in [-0.25, -0.2) is 9.48 Å². The van der Waals surface area contributed by atoms with Crippen LogP contribution in [0.4, 0.5) is 4.79 Å². The van der Waals surface area contributed by atoms with Gasteiger partial charge in [0.05, 0.1) is 11.4 Å². The number of hydrogen-bond donors (Lipinski definition) is 1. The Morgan fingerprint density at radius 2 is 1.70 bits per heavy atom. The number of carbonyl (C=O) groups is 1. The van der Waals surface area contributed by atoms with Crippen molar-refractivity contribution in [2.45, 2.75) is 33.9 Å². The van der Waals surface area contributed by atoms with Crippen LogP contribution in [0, 0.1) is 20.8 Å². The van der Waals surface area contributed by atoms with Crippen LogP contribution in [0.5, 0.6) is 0 Å². The first-order valence-electron chi connectivity index (χ1n) is 9.11. The predicted molar refractivity (Wildman–Crippen MR) is 108 cm³/mol. The summed E-state index contributed by atoms with van der Waals surface area (Å²) in [5.41, 5.74) is 6.38. The van der Waals surface area contributed by atoms with Crippen molar-refractivity contribution in [3.8, 4) is 5.69 Å². The van der Waals surface area contributed by atoms with Crippen molar-refractivity contribution < 1.29 is 4.79 Å². The molecule has 2 aromatic carbocycles. The molecular weight excluding hydrogens is 336 g/mol. The lowest BCUT2D eigenvalue weighted by molar-refractivity contribution is 0.206. The number of aryl methyl sites for hydroxylation is 2.